The summed E-state index contributed by atoms with van der Waals surface area (Å²) in [6.45, 7) is 2.93. The highest BCUT2D eigenvalue weighted by molar-refractivity contribution is 6.02. The van der Waals surface area contributed by atoms with Crippen LogP contribution in [0.5, 0.6) is 0 Å². The van der Waals surface area contributed by atoms with Gasteiger partial charge in [0.25, 0.3) is 0 Å². The number of hydrogen-bond donors (Lipinski definition) is 1. The number of fused-ring (bicyclic) bond motifs is 2. The van der Waals surface area contributed by atoms with Crippen molar-refractivity contribution >= 4 is 23.3 Å². The largest absolute Gasteiger partial charge is 0.465 e. The Morgan fingerprint density at radius 2 is 2.00 bits per heavy atom. The molecule has 4 rings (SSSR count). The van der Waals surface area contributed by atoms with Crippen LogP contribution < -0.4 is 10.2 Å². The summed E-state index contributed by atoms with van der Waals surface area (Å²) in [5.74, 6) is 0.914. The fraction of sp³-hybridized carbons (Fsp3) is 0.600. The molecule has 1 saturated heterocycles. The highest BCUT2D eigenvalue weighted by Crippen LogP contribution is 2.48. The van der Waals surface area contributed by atoms with E-state index in [2.05, 4.69) is 10.2 Å². The fourth-order valence-electron chi connectivity index (χ4n) is 4.73. The van der Waals surface area contributed by atoms with Crippen LogP contribution in [0, 0.1) is 17.8 Å². The van der Waals surface area contributed by atoms with E-state index in [1.807, 2.05) is 18.2 Å². The van der Waals surface area contributed by atoms with Crippen LogP contribution in [0.1, 0.15) is 36.0 Å². The third-order valence-electron chi connectivity index (χ3n) is 6.12. The summed E-state index contributed by atoms with van der Waals surface area (Å²) in [7, 11) is 1.37. The molecule has 0 aromatic heterocycles. The number of hydrogen-bond acceptors (Lipinski definition) is 5. The lowest BCUT2D eigenvalue weighted by molar-refractivity contribution is -0.121. The van der Waals surface area contributed by atoms with Crippen molar-refractivity contribution in [2.24, 2.45) is 17.8 Å². The van der Waals surface area contributed by atoms with E-state index in [1.54, 1.807) is 0 Å². The molecule has 1 amide bonds. The molecule has 3 aliphatic rings. The number of morpholine rings is 1. The summed E-state index contributed by atoms with van der Waals surface area (Å²) in [6, 6.07) is 5.59. The van der Waals surface area contributed by atoms with E-state index in [9.17, 15) is 9.59 Å². The number of benzene rings is 1. The van der Waals surface area contributed by atoms with E-state index in [0.717, 1.165) is 31.6 Å². The third kappa shape index (κ3) is 3.30. The third-order valence-corrected chi connectivity index (χ3v) is 6.12. The van der Waals surface area contributed by atoms with Crippen LogP contribution in [0.15, 0.2) is 18.2 Å². The quantitative estimate of drug-likeness (QED) is 0.838. The van der Waals surface area contributed by atoms with Crippen molar-refractivity contribution < 1.29 is 19.1 Å². The maximum atomic E-state index is 12.8. The molecule has 1 aliphatic heterocycles. The number of nitrogens with one attached hydrogen (secondary N) is 1. The molecule has 0 radical (unpaired) electrons. The smallest absolute Gasteiger partial charge is 0.340 e. The van der Waals surface area contributed by atoms with Crippen molar-refractivity contribution in [3.63, 3.8) is 0 Å². The van der Waals surface area contributed by atoms with Crippen molar-refractivity contribution in [1.29, 1.82) is 0 Å². The molecule has 6 heteroatoms. The van der Waals surface area contributed by atoms with Gasteiger partial charge in [-0.2, -0.15) is 0 Å². The molecule has 3 fully saturated rings. The molecule has 26 heavy (non-hydrogen) atoms. The number of methoxy groups -OCH3 is 1. The van der Waals surface area contributed by atoms with Crippen molar-refractivity contribution in [3.8, 4) is 0 Å². The van der Waals surface area contributed by atoms with Gasteiger partial charge in [0.1, 0.15) is 0 Å². The van der Waals surface area contributed by atoms with Crippen LogP contribution in [-0.2, 0) is 14.3 Å². The van der Waals surface area contributed by atoms with Gasteiger partial charge in [-0.1, -0.05) is 6.42 Å². The van der Waals surface area contributed by atoms with Gasteiger partial charge in [0, 0.05) is 24.7 Å². The topological polar surface area (TPSA) is 67.9 Å². The van der Waals surface area contributed by atoms with Crippen molar-refractivity contribution in [2.75, 3.05) is 43.6 Å². The van der Waals surface area contributed by atoms with Gasteiger partial charge < -0.3 is 19.7 Å². The highest BCUT2D eigenvalue weighted by atomic mass is 16.5. The lowest BCUT2D eigenvalue weighted by Gasteiger charge is -2.29. The second kappa shape index (κ2) is 7.27. The van der Waals surface area contributed by atoms with Crippen LogP contribution in [0.2, 0.25) is 0 Å². The normalized spacial score (nSPS) is 27.4. The van der Waals surface area contributed by atoms with E-state index in [0.29, 0.717) is 36.3 Å². The van der Waals surface area contributed by atoms with Gasteiger partial charge in [-0.15, -0.1) is 0 Å². The number of ether oxygens (including phenoxy) is 2. The molecule has 0 spiro atoms. The van der Waals surface area contributed by atoms with Gasteiger partial charge in [0.2, 0.25) is 5.91 Å². The van der Waals surface area contributed by atoms with Gasteiger partial charge in [-0.25, -0.2) is 4.79 Å². The summed E-state index contributed by atoms with van der Waals surface area (Å²) >= 11 is 0. The fourth-order valence-corrected chi connectivity index (χ4v) is 4.73. The van der Waals surface area contributed by atoms with Crippen LogP contribution in [0.4, 0.5) is 11.4 Å². The van der Waals surface area contributed by atoms with Gasteiger partial charge in [0.15, 0.2) is 0 Å². The standard InChI is InChI=1S/C20H26N2O4/c1-25-20(24)17-12-15(22-6-8-26-9-7-22)4-5-18(17)21-19(23)16-11-13-2-3-14(16)10-13/h4-5,12-14,16H,2-3,6-11H2,1H3,(H,21,23). The lowest BCUT2D eigenvalue weighted by atomic mass is 9.88. The predicted octanol–water partition coefficient (Wildman–Crippen LogP) is 2.68. The minimum absolute atomic E-state index is 0.0430. The summed E-state index contributed by atoms with van der Waals surface area (Å²) in [5, 5.41) is 3.00. The van der Waals surface area contributed by atoms with Crippen molar-refractivity contribution in [1.82, 2.24) is 0 Å². The van der Waals surface area contributed by atoms with Gasteiger partial charge in [-0.05, 0) is 49.3 Å². The molecule has 140 valence electrons. The van der Waals surface area contributed by atoms with Crippen LogP contribution in [0.25, 0.3) is 0 Å². The van der Waals surface area contributed by atoms with Crippen molar-refractivity contribution in [3.05, 3.63) is 23.8 Å². The first-order chi connectivity index (χ1) is 12.7. The Hall–Kier alpha value is -2.08. The molecule has 2 bridgehead atoms. The average Bonchev–Trinajstić information content (AvgIpc) is 3.32. The molecular weight excluding hydrogens is 332 g/mol. The van der Waals surface area contributed by atoms with Crippen LogP contribution in [0.3, 0.4) is 0 Å². The molecule has 2 aliphatic carbocycles. The zero-order chi connectivity index (χ0) is 18.1. The van der Waals surface area contributed by atoms with E-state index < -0.39 is 5.97 Å². The Morgan fingerprint density at radius 3 is 2.65 bits per heavy atom. The zero-order valence-corrected chi connectivity index (χ0v) is 15.2. The number of anilines is 2. The molecule has 2 saturated carbocycles. The van der Waals surface area contributed by atoms with Gasteiger partial charge in [0.05, 0.1) is 31.6 Å². The summed E-state index contributed by atoms with van der Waals surface area (Å²) in [4.78, 5) is 27.2. The zero-order valence-electron chi connectivity index (χ0n) is 15.2. The minimum Gasteiger partial charge on any atom is -0.465 e. The first-order valence-electron chi connectivity index (χ1n) is 9.51. The summed E-state index contributed by atoms with van der Waals surface area (Å²) < 4.78 is 10.3. The number of rotatable bonds is 4. The maximum absolute atomic E-state index is 12.8. The van der Waals surface area contributed by atoms with Crippen molar-refractivity contribution in [2.45, 2.75) is 25.7 Å². The molecule has 1 aromatic carbocycles. The van der Waals surface area contributed by atoms with Gasteiger partial charge >= 0.3 is 5.97 Å². The highest BCUT2D eigenvalue weighted by Gasteiger charge is 2.43. The Bertz CT molecular complexity index is 699. The van der Waals surface area contributed by atoms with Crippen LogP contribution in [-0.4, -0.2) is 45.3 Å². The Kier molecular flexibility index (Phi) is 4.85. The lowest BCUT2D eigenvalue weighted by Crippen LogP contribution is -2.36. The number of amides is 1. The number of nitrogens with zero attached hydrogens (tertiary/aromatic N) is 1. The van der Waals surface area contributed by atoms with Gasteiger partial charge in [-0.3, -0.25) is 4.79 Å². The number of esters is 1. The number of carbonyl (C=O) groups excluding carboxylic acids is 2. The SMILES string of the molecule is COC(=O)c1cc(N2CCOCC2)ccc1NC(=O)C1CC2CCC1C2. The van der Waals surface area contributed by atoms with E-state index >= 15 is 0 Å². The summed E-state index contributed by atoms with van der Waals surface area (Å²) in [5.41, 5.74) is 1.90. The predicted molar refractivity (Wildman–Crippen MR) is 98.4 cm³/mol. The molecule has 6 nitrogen and oxygen atoms in total. The average molecular weight is 358 g/mol. The monoisotopic (exact) mass is 358 g/mol. The van der Waals surface area contributed by atoms with Crippen LogP contribution >= 0.6 is 0 Å². The number of carbonyl (C=O) groups is 2. The molecular formula is C20H26N2O4. The molecule has 1 N–H and O–H groups in total. The van der Waals surface area contributed by atoms with E-state index in [-0.39, 0.29) is 11.8 Å². The minimum atomic E-state index is -0.427. The molecule has 3 unspecified atom stereocenters. The summed E-state index contributed by atoms with van der Waals surface area (Å²) in [6.07, 6.45) is 4.58. The Balaban J connectivity index is 1.54. The maximum Gasteiger partial charge on any atom is 0.340 e. The second-order valence-electron chi connectivity index (χ2n) is 7.59. The Morgan fingerprint density at radius 1 is 1.19 bits per heavy atom. The first kappa shape index (κ1) is 17.3. The molecule has 1 heterocycles. The second-order valence-corrected chi connectivity index (χ2v) is 7.59. The Labute approximate surface area is 153 Å². The molecule has 1 aromatic rings. The first-order valence-corrected chi connectivity index (χ1v) is 9.51. The van der Waals surface area contributed by atoms with E-state index in [4.69, 9.17) is 9.47 Å². The van der Waals surface area contributed by atoms with E-state index in [1.165, 1.54) is 20.0 Å². The molecule has 3 atom stereocenters.